The van der Waals surface area contributed by atoms with Crippen molar-refractivity contribution in [3.05, 3.63) is 16.1 Å². The summed E-state index contributed by atoms with van der Waals surface area (Å²) in [5.74, 6) is -1.58. The van der Waals surface area contributed by atoms with Crippen LogP contribution in [0.25, 0.3) is 0 Å². The van der Waals surface area contributed by atoms with Gasteiger partial charge in [-0.05, 0) is 58.8 Å². The van der Waals surface area contributed by atoms with E-state index in [1.807, 2.05) is 27.7 Å². The Balaban J connectivity index is 2.42. The van der Waals surface area contributed by atoms with Crippen molar-refractivity contribution >= 4 is 35.2 Å². The molecule has 0 radical (unpaired) electrons. The first-order chi connectivity index (χ1) is 21.0. The number of amides is 3. The number of terminal acetylenes is 1. The molecule has 1 aromatic rings. The molecule has 0 spiro atoms. The van der Waals surface area contributed by atoms with Gasteiger partial charge in [-0.15, -0.1) is 23.7 Å². The van der Waals surface area contributed by atoms with Crippen molar-refractivity contribution in [3.63, 3.8) is 0 Å². The molecule has 252 valence electrons. The van der Waals surface area contributed by atoms with Gasteiger partial charge < -0.3 is 20.3 Å². The van der Waals surface area contributed by atoms with Gasteiger partial charge in [-0.3, -0.25) is 19.3 Å². The Hall–Kier alpha value is -3.21. The summed E-state index contributed by atoms with van der Waals surface area (Å²) in [6.07, 6.45) is 6.19. The van der Waals surface area contributed by atoms with E-state index in [1.165, 1.54) is 15.3 Å². The standard InChI is InChI=1S/C32H50N4O8S/c1-10-12-13-17-43-36(23(20(3)4)18-24(37)27-33-22(19-45-27)29(40)41)28(39)25(21(5)11-2)26(38)34-32(9)15-14-16-35(32)30(42)44-31(6,7)8/h1,19-21,23-25,37H,11-18H2,2-9H3,(H,34,38)(H,40,41)/t21-,23+,24+,25-,32+/m0/s1. The summed E-state index contributed by atoms with van der Waals surface area (Å²) < 4.78 is 5.59. The van der Waals surface area contributed by atoms with Gasteiger partial charge in [0.05, 0.1) is 12.6 Å². The first-order valence-corrected chi connectivity index (χ1v) is 16.4. The smallest absolute Gasteiger partial charge is 0.412 e. The number of hydroxylamine groups is 2. The SMILES string of the molecule is C#CCCCON(C(=O)[C@H](C(=O)N[C@@]1(C)CCCN1C(=O)OC(C)(C)C)[C@@H](C)CC)[C@H](C[C@@H](O)c1nc(C(=O)O)cs1)C(C)C. The Morgan fingerprint density at radius 1 is 1.27 bits per heavy atom. The number of unbranched alkanes of at least 4 members (excludes halogenated alkanes) is 1. The number of hydrogen-bond acceptors (Lipinski definition) is 9. The minimum atomic E-state index is -1.21. The summed E-state index contributed by atoms with van der Waals surface area (Å²) in [5, 5.41) is 26.1. The highest BCUT2D eigenvalue weighted by atomic mass is 32.1. The van der Waals surface area contributed by atoms with Crippen LogP contribution in [0.3, 0.4) is 0 Å². The highest BCUT2D eigenvalue weighted by Crippen LogP contribution is 2.32. The van der Waals surface area contributed by atoms with Crippen LogP contribution in [0, 0.1) is 30.1 Å². The number of carboxylic acid groups (broad SMARTS) is 1. The molecule has 1 aliphatic rings. The lowest BCUT2D eigenvalue weighted by Gasteiger charge is -2.40. The molecule has 0 saturated carbocycles. The summed E-state index contributed by atoms with van der Waals surface area (Å²) in [6.45, 7) is 15.0. The van der Waals surface area contributed by atoms with Crippen LogP contribution in [0.5, 0.6) is 0 Å². The predicted octanol–water partition coefficient (Wildman–Crippen LogP) is 4.99. The van der Waals surface area contributed by atoms with Gasteiger partial charge in [0.25, 0.3) is 5.91 Å². The lowest BCUT2D eigenvalue weighted by Crippen LogP contribution is -2.61. The fourth-order valence-corrected chi connectivity index (χ4v) is 5.99. The lowest BCUT2D eigenvalue weighted by molar-refractivity contribution is -0.214. The summed E-state index contributed by atoms with van der Waals surface area (Å²) in [5.41, 5.74) is -1.96. The van der Waals surface area contributed by atoms with Crippen LogP contribution in [-0.4, -0.2) is 79.5 Å². The maximum absolute atomic E-state index is 14.4. The van der Waals surface area contributed by atoms with E-state index in [1.54, 1.807) is 27.7 Å². The van der Waals surface area contributed by atoms with Crippen LogP contribution in [0.2, 0.25) is 0 Å². The van der Waals surface area contributed by atoms with Crippen LogP contribution in [0.1, 0.15) is 116 Å². The van der Waals surface area contributed by atoms with Crippen molar-refractivity contribution in [1.29, 1.82) is 0 Å². The largest absolute Gasteiger partial charge is 0.476 e. The Morgan fingerprint density at radius 3 is 2.47 bits per heavy atom. The molecule has 1 aliphatic heterocycles. The number of ether oxygens (including phenoxy) is 1. The number of nitrogens with zero attached hydrogens (tertiary/aromatic N) is 3. The quantitative estimate of drug-likeness (QED) is 0.103. The molecule has 1 fully saturated rings. The third-order valence-corrected chi connectivity index (χ3v) is 8.83. The molecule has 3 amide bonds. The van der Waals surface area contributed by atoms with E-state index in [-0.39, 0.29) is 29.6 Å². The van der Waals surface area contributed by atoms with Crippen LogP contribution < -0.4 is 5.32 Å². The second kappa shape index (κ2) is 16.4. The number of rotatable bonds is 15. The third-order valence-electron chi connectivity index (χ3n) is 7.88. The molecule has 0 unspecified atom stereocenters. The molecule has 0 aromatic carbocycles. The number of carbonyl (C=O) groups is 4. The monoisotopic (exact) mass is 650 g/mol. The van der Waals surface area contributed by atoms with E-state index in [4.69, 9.17) is 16.0 Å². The fourth-order valence-electron chi connectivity index (χ4n) is 5.20. The number of aliphatic hydroxyl groups excluding tert-OH is 1. The van der Waals surface area contributed by atoms with E-state index in [9.17, 15) is 29.4 Å². The van der Waals surface area contributed by atoms with E-state index in [0.29, 0.717) is 38.6 Å². The number of likely N-dealkylation sites (tertiary alicyclic amines) is 1. The van der Waals surface area contributed by atoms with Crippen molar-refractivity contribution in [2.45, 2.75) is 117 Å². The highest BCUT2D eigenvalue weighted by molar-refractivity contribution is 7.09. The number of nitrogens with one attached hydrogen (secondary N) is 1. The Labute approximate surface area is 270 Å². The topological polar surface area (TPSA) is 159 Å². The molecule has 1 saturated heterocycles. The average Bonchev–Trinajstić information content (AvgIpc) is 3.58. The minimum absolute atomic E-state index is 0.00982. The highest BCUT2D eigenvalue weighted by Gasteiger charge is 2.46. The molecule has 5 atom stereocenters. The van der Waals surface area contributed by atoms with E-state index in [2.05, 4.69) is 16.2 Å². The van der Waals surface area contributed by atoms with E-state index < -0.39 is 59.1 Å². The van der Waals surface area contributed by atoms with Gasteiger partial charge in [0.15, 0.2) is 5.69 Å². The second-order valence-electron chi connectivity index (χ2n) is 13.1. The van der Waals surface area contributed by atoms with Crippen LogP contribution in [-0.2, 0) is 19.2 Å². The van der Waals surface area contributed by atoms with Gasteiger partial charge in [0, 0.05) is 24.8 Å². The van der Waals surface area contributed by atoms with Crippen molar-refractivity contribution < 1.29 is 39.0 Å². The van der Waals surface area contributed by atoms with Gasteiger partial charge in [-0.1, -0.05) is 34.1 Å². The second-order valence-corrected chi connectivity index (χ2v) is 14.0. The molecule has 13 heteroatoms. The van der Waals surface area contributed by atoms with Crippen molar-refractivity contribution in [2.24, 2.45) is 17.8 Å². The summed E-state index contributed by atoms with van der Waals surface area (Å²) in [7, 11) is 0. The van der Waals surface area contributed by atoms with E-state index in [0.717, 1.165) is 11.3 Å². The molecule has 0 aliphatic carbocycles. The number of hydrogen-bond donors (Lipinski definition) is 3. The number of thiazole rings is 1. The number of aromatic nitrogens is 1. The zero-order valence-electron chi connectivity index (χ0n) is 27.8. The van der Waals surface area contributed by atoms with Gasteiger partial charge in [0.2, 0.25) is 5.91 Å². The van der Waals surface area contributed by atoms with Crippen LogP contribution >= 0.6 is 11.3 Å². The average molecular weight is 651 g/mol. The molecule has 12 nitrogen and oxygen atoms in total. The number of carbonyl (C=O) groups excluding carboxylic acids is 3. The van der Waals surface area contributed by atoms with Gasteiger partial charge in [-0.25, -0.2) is 19.6 Å². The minimum Gasteiger partial charge on any atom is -0.476 e. The predicted molar refractivity (Wildman–Crippen MR) is 170 cm³/mol. The van der Waals surface area contributed by atoms with Crippen molar-refractivity contribution in [3.8, 4) is 12.3 Å². The van der Waals surface area contributed by atoms with Crippen LogP contribution in [0.4, 0.5) is 4.79 Å². The number of carboxylic acids is 1. The molecule has 2 rings (SSSR count). The number of aromatic carboxylic acids is 1. The van der Waals surface area contributed by atoms with Gasteiger partial charge in [0.1, 0.15) is 28.3 Å². The maximum Gasteiger partial charge on any atom is 0.412 e. The fraction of sp³-hybridized carbons (Fsp3) is 0.719. The molecule has 1 aromatic heterocycles. The molecule has 45 heavy (non-hydrogen) atoms. The Kier molecular flexibility index (Phi) is 13.8. The van der Waals surface area contributed by atoms with Crippen molar-refractivity contribution in [2.75, 3.05) is 13.2 Å². The molecule has 0 bridgehead atoms. The van der Waals surface area contributed by atoms with Gasteiger partial charge >= 0.3 is 12.1 Å². The molecular weight excluding hydrogens is 600 g/mol. The normalized spacial score (nSPS) is 19.4. The molecule has 2 heterocycles. The first kappa shape index (κ1) is 38.0. The van der Waals surface area contributed by atoms with Crippen molar-refractivity contribution in [1.82, 2.24) is 20.3 Å². The third kappa shape index (κ3) is 10.4. The van der Waals surface area contributed by atoms with Gasteiger partial charge in [-0.2, -0.15) is 0 Å². The number of aliphatic hydroxyl groups is 1. The zero-order chi connectivity index (χ0) is 34.1. The Bertz CT molecular complexity index is 1220. The van der Waals surface area contributed by atoms with E-state index >= 15 is 0 Å². The zero-order valence-corrected chi connectivity index (χ0v) is 28.6. The first-order valence-electron chi connectivity index (χ1n) is 15.5. The maximum atomic E-state index is 14.4. The summed E-state index contributed by atoms with van der Waals surface area (Å²) in [6, 6.07) is -0.699. The molecular formula is C32H50N4O8S. The lowest BCUT2D eigenvalue weighted by atomic mass is 9.88. The molecule has 3 N–H and O–H groups in total. The summed E-state index contributed by atoms with van der Waals surface area (Å²) in [4.78, 5) is 64.4. The van der Waals surface area contributed by atoms with Crippen LogP contribution in [0.15, 0.2) is 5.38 Å². The Morgan fingerprint density at radius 2 is 1.93 bits per heavy atom. The summed E-state index contributed by atoms with van der Waals surface area (Å²) >= 11 is 1.01.